The summed E-state index contributed by atoms with van der Waals surface area (Å²) in [5.74, 6) is 0. The van der Waals surface area contributed by atoms with Crippen molar-refractivity contribution in [3.63, 3.8) is 0 Å². The summed E-state index contributed by atoms with van der Waals surface area (Å²) >= 11 is 2.23. The minimum atomic E-state index is -0.393. The van der Waals surface area contributed by atoms with Crippen molar-refractivity contribution < 1.29 is 9.90 Å². The van der Waals surface area contributed by atoms with Crippen molar-refractivity contribution in [3.8, 4) is 0 Å². The molecule has 1 aromatic carbocycles. The molecule has 5 heteroatoms. The number of rotatable bonds is 4. The van der Waals surface area contributed by atoms with Crippen molar-refractivity contribution in [2.45, 2.75) is 26.4 Å². The number of amides is 2. The van der Waals surface area contributed by atoms with E-state index >= 15 is 0 Å². The summed E-state index contributed by atoms with van der Waals surface area (Å²) in [5.41, 5.74) is 1.84. The van der Waals surface area contributed by atoms with E-state index in [1.54, 1.807) is 6.92 Å². The number of aryl methyl sites for hydroxylation is 1. The van der Waals surface area contributed by atoms with Crippen molar-refractivity contribution in [1.29, 1.82) is 0 Å². The standard InChI is InChI=1S/C12H17IN2O2/c1-8-7-10(13)3-4-11(8)15-12(17)14-6-5-9(2)16/h3-4,7,9,16H,5-6H2,1-2H3,(H2,14,15,17)/t9-/m0/s1. The van der Waals surface area contributed by atoms with Crippen LogP contribution in [0.15, 0.2) is 18.2 Å². The Balaban J connectivity index is 2.45. The summed E-state index contributed by atoms with van der Waals surface area (Å²) in [7, 11) is 0. The van der Waals surface area contributed by atoms with Gasteiger partial charge in [-0.25, -0.2) is 4.79 Å². The Kier molecular flexibility index (Phi) is 5.70. The van der Waals surface area contributed by atoms with Crippen LogP contribution in [0.1, 0.15) is 18.9 Å². The van der Waals surface area contributed by atoms with Gasteiger partial charge in [0.2, 0.25) is 0 Å². The maximum atomic E-state index is 11.5. The van der Waals surface area contributed by atoms with E-state index in [0.29, 0.717) is 13.0 Å². The molecule has 0 bridgehead atoms. The summed E-state index contributed by atoms with van der Waals surface area (Å²) in [6.45, 7) is 4.11. The molecule has 1 rings (SSSR count). The Morgan fingerprint density at radius 1 is 1.53 bits per heavy atom. The molecule has 0 radical (unpaired) electrons. The normalized spacial score (nSPS) is 12.0. The van der Waals surface area contributed by atoms with E-state index in [9.17, 15) is 4.79 Å². The number of urea groups is 1. The molecule has 4 nitrogen and oxygen atoms in total. The number of benzene rings is 1. The van der Waals surface area contributed by atoms with Crippen LogP contribution in [0.3, 0.4) is 0 Å². The molecule has 0 spiro atoms. The van der Waals surface area contributed by atoms with E-state index in [4.69, 9.17) is 5.11 Å². The van der Waals surface area contributed by atoms with Crippen LogP contribution in [-0.4, -0.2) is 23.8 Å². The largest absolute Gasteiger partial charge is 0.393 e. The number of hydrogen-bond acceptors (Lipinski definition) is 2. The number of nitrogens with one attached hydrogen (secondary N) is 2. The molecule has 0 aliphatic heterocycles. The second kappa shape index (κ2) is 6.80. The molecule has 1 aromatic rings. The summed E-state index contributed by atoms with van der Waals surface area (Å²) in [6.07, 6.45) is 0.161. The van der Waals surface area contributed by atoms with Gasteiger partial charge in [-0.1, -0.05) is 0 Å². The number of aliphatic hydroxyl groups is 1. The Morgan fingerprint density at radius 2 is 2.24 bits per heavy atom. The Hall–Kier alpha value is -0.820. The van der Waals surface area contributed by atoms with Gasteiger partial charge in [0.15, 0.2) is 0 Å². The summed E-state index contributed by atoms with van der Waals surface area (Å²) < 4.78 is 1.14. The Morgan fingerprint density at radius 3 is 2.82 bits per heavy atom. The molecule has 2 amide bonds. The molecule has 1 atom stereocenters. The predicted molar refractivity (Wildman–Crippen MR) is 77.2 cm³/mol. The number of anilines is 1. The maximum absolute atomic E-state index is 11.5. The first kappa shape index (κ1) is 14.2. The molecule has 0 saturated heterocycles. The van der Waals surface area contributed by atoms with Crippen LogP contribution in [0.2, 0.25) is 0 Å². The fraction of sp³-hybridized carbons (Fsp3) is 0.417. The third-order valence-corrected chi connectivity index (χ3v) is 2.96. The zero-order valence-corrected chi connectivity index (χ0v) is 12.1. The highest BCUT2D eigenvalue weighted by Gasteiger charge is 2.04. The van der Waals surface area contributed by atoms with E-state index in [0.717, 1.165) is 14.8 Å². The molecule has 0 saturated carbocycles. The molecular weight excluding hydrogens is 331 g/mol. The van der Waals surface area contributed by atoms with E-state index in [1.165, 1.54) is 0 Å². The third-order valence-electron chi connectivity index (χ3n) is 2.28. The van der Waals surface area contributed by atoms with E-state index in [2.05, 4.69) is 33.2 Å². The minimum absolute atomic E-state index is 0.241. The summed E-state index contributed by atoms with van der Waals surface area (Å²) in [4.78, 5) is 11.5. The van der Waals surface area contributed by atoms with Crippen molar-refractivity contribution in [1.82, 2.24) is 5.32 Å². The molecular formula is C12H17IN2O2. The predicted octanol–water partition coefficient (Wildman–Crippen LogP) is 2.49. The fourth-order valence-corrected chi connectivity index (χ4v) is 1.98. The minimum Gasteiger partial charge on any atom is -0.393 e. The van der Waals surface area contributed by atoms with Crippen molar-refractivity contribution >= 4 is 34.3 Å². The quantitative estimate of drug-likeness (QED) is 0.733. The van der Waals surface area contributed by atoms with Crippen LogP contribution >= 0.6 is 22.6 Å². The van der Waals surface area contributed by atoms with Crippen molar-refractivity contribution in [2.24, 2.45) is 0 Å². The topological polar surface area (TPSA) is 61.4 Å². The zero-order valence-electron chi connectivity index (χ0n) is 9.96. The van der Waals surface area contributed by atoms with Crippen LogP contribution in [0, 0.1) is 10.5 Å². The number of halogens is 1. The fourth-order valence-electron chi connectivity index (χ4n) is 1.33. The van der Waals surface area contributed by atoms with Crippen LogP contribution in [-0.2, 0) is 0 Å². The van der Waals surface area contributed by atoms with Gasteiger partial charge < -0.3 is 15.7 Å². The van der Waals surface area contributed by atoms with Crippen LogP contribution in [0.5, 0.6) is 0 Å². The highest BCUT2D eigenvalue weighted by atomic mass is 127. The second-order valence-corrected chi connectivity index (χ2v) is 5.22. The first-order valence-electron chi connectivity index (χ1n) is 5.48. The Bertz CT molecular complexity index is 394. The third kappa shape index (κ3) is 5.36. The number of hydrogen-bond donors (Lipinski definition) is 3. The van der Waals surface area contributed by atoms with Gasteiger partial charge in [-0.3, -0.25) is 0 Å². The Labute approximate surface area is 115 Å². The summed E-state index contributed by atoms with van der Waals surface area (Å²) in [6, 6.07) is 5.59. The highest BCUT2D eigenvalue weighted by molar-refractivity contribution is 14.1. The lowest BCUT2D eigenvalue weighted by molar-refractivity contribution is 0.184. The lowest BCUT2D eigenvalue weighted by Crippen LogP contribution is -2.31. The molecule has 0 aliphatic carbocycles. The van der Waals surface area contributed by atoms with Gasteiger partial charge in [0.05, 0.1) is 6.10 Å². The molecule has 0 fully saturated rings. The van der Waals surface area contributed by atoms with Crippen LogP contribution in [0.4, 0.5) is 10.5 Å². The molecule has 0 unspecified atom stereocenters. The van der Waals surface area contributed by atoms with Gasteiger partial charge in [-0.05, 0) is 66.6 Å². The van der Waals surface area contributed by atoms with E-state index in [-0.39, 0.29) is 6.03 Å². The SMILES string of the molecule is Cc1cc(I)ccc1NC(=O)NCC[C@H](C)O. The van der Waals surface area contributed by atoms with Crippen molar-refractivity contribution in [2.75, 3.05) is 11.9 Å². The van der Waals surface area contributed by atoms with Crippen LogP contribution in [0.25, 0.3) is 0 Å². The van der Waals surface area contributed by atoms with Gasteiger partial charge in [0.25, 0.3) is 0 Å². The van der Waals surface area contributed by atoms with E-state index < -0.39 is 6.10 Å². The molecule has 0 aliphatic rings. The van der Waals surface area contributed by atoms with Crippen LogP contribution < -0.4 is 10.6 Å². The molecule has 94 valence electrons. The molecule has 3 N–H and O–H groups in total. The van der Waals surface area contributed by atoms with Gasteiger partial charge in [-0.15, -0.1) is 0 Å². The second-order valence-electron chi connectivity index (χ2n) is 3.98. The smallest absolute Gasteiger partial charge is 0.319 e. The average Bonchev–Trinajstić information content (AvgIpc) is 2.21. The summed E-state index contributed by atoms with van der Waals surface area (Å²) in [5, 5.41) is 14.5. The number of carbonyl (C=O) groups excluding carboxylic acids is 1. The zero-order chi connectivity index (χ0) is 12.8. The van der Waals surface area contributed by atoms with E-state index in [1.807, 2.05) is 25.1 Å². The molecule has 0 heterocycles. The number of carbonyl (C=O) groups is 1. The first-order chi connectivity index (χ1) is 7.99. The van der Waals surface area contributed by atoms with Gasteiger partial charge in [0, 0.05) is 15.8 Å². The first-order valence-corrected chi connectivity index (χ1v) is 6.56. The average molecular weight is 348 g/mol. The monoisotopic (exact) mass is 348 g/mol. The van der Waals surface area contributed by atoms with Crippen molar-refractivity contribution in [3.05, 3.63) is 27.3 Å². The van der Waals surface area contributed by atoms with Gasteiger partial charge in [0.1, 0.15) is 0 Å². The highest BCUT2D eigenvalue weighted by Crippen LogP contribution is 2.17. The van der Waals surface area contributed by atoms with Gasteiger partial charge >= 0.3 is 6.03 Å². The molecule has 17 heavy (non-hydrogen) atoms. The lowest BCUT2D eigenvalue weighted by atomic mass is 10.2. The maximum Gasteiger partial charge on any atom is 0.319 e. The molecule has 0 aromatic heterocycles. The lowest BCUT2D eigenvalue weighted by Gasteiger charge is -2.10. The number of aliphatic hydroxyl groups excluding tert-OH is 1. The van der Waals surface area contributed by atoms with Gasteiger partial charge in [-0.2, -0.15) is 0 Å².